The number of anilines is 1. The highest BCUT2D eigenvalue weighted by Gasteiger charge is 2.27. The highest BCUT2D eigenvalue weighted by Crippen LogP contribution is 2.34. The van der Waals surface area contributed by atoms with Gasteiger partial charge in [0.1, 0.15) is 5.69 Å². The molecule has 1 aliphatic rings. The number of aromatic nitrogens is 2. The van der Waals surface area contributed by atoms with Crippen LogP contribution >= 0.6 is 0 Å². The van der Waals surface area contributed by atoms with Gasteiger partial charge in [-0.2, -0.15) is 5.10 Å². The minimum Gasteiger partial charge on any atom is -0.366 e. The molecule has 0 bridgehead atoms. The first-order chi connectivity index (χ1) is 11.9. The quantitative estimate of drug-likeness (QED) is 0.636. The number of benzene rings is 1. The summed E-state index contributed by atoms with van der Waals surface area (Å²) in [6.07, 6.45) is 5.28. The van der Waals surface area contributed by atoms with E-state index in [-0.39, 0.29) is 16.6 Å². The van der Waals surface area contributed by atoms with Crippen molar-refractivity contribution in [2.75, 3.05) is 25.0 Å². The standard InChI is InChI=1S/C15H19N5O4S/c1-16-25(23,24)13-3-4-14(15(11-13)20(21)22)18-9-5-12(6-10-18)19-8-2-7-17-19/h2-4,7-8,11-12,16H,5-6,9-10H2,1H3. The van der Waals surface area contributed by atoms with Crippen LogP contribution in [0.2, 0.25) is 0 Å². The predicted octanol–water partition coefficient (Wildman–Crippen LogP) is 1.54. The van der Waals surface area contributed by atoms with Gasteiger partial charge in [-0.05, 0) is 38.1 Å². The molecular formula is C15H19N5O4S. The van der Waals surface area contributed by atoms with E-state index in [1.165, 1.54) is 19.2 Å². The van der Waals surface area contributed by atoms with Crippen LogP contribution in [-0.2, 0) is 10.0 Å². The van der Waals surface area contributed by atoms with E-state index in [9.17, 15) is 18.5 Å². The van der Waals surface area contributed by atoms with Gasteiger partial charge in [-0.15, -0.1) is 0 Å². The fourth-order valence-electron chi connectivity index (χ4n) is 3.07. The van der Waals surface area contributed by atoms with Crippen molar-refractivity contribution in [2.45, 2.75) is 23.8 Å². The average molecular weight is 365 g/mol. The number of nitro groups is 1. The van der Waals surface area contributed by atoms with Gasteiger partial charge in [-0.3, -0.25) is 14.8 Å². The molecule has 1 aliphatic heterocycles. The molecule has 0 spiro atoms. The van der Waals surface area contributed by atoms with Gasteiger partial charge < -0.3 is 4.90 Å². The Hall–Kier alpha value is -2.46. The Bertz CT molecular complexity index is 858. The Balaban J connectivity index is 1.84. The van der Waals surface area contributed by atoms with Gasteiger partial charge >= 0.3 is 0 Å². The van der Waals surface area contributed by atoms with Crippen LogP contribution in [0.5, 0.6) is 0 Å². The van der Waals surface area contributed by atoms with Crippen LogP contribution < -0.4 is 9.62 Å². The number of nitrogens with zero attached hydrogens (tertiary/aromatic N) is 4. The maximum atomic E-state index is 11.9. The van der Waals surface area contributed by atoms with Crippen LogP contribution in [0.4, 0.5) is 11.4 Å². The molecule has 0 aliphatic carbocycles. The van der Waals surface area contributed by atoms with Crippen LogP contribution in [0.15, 0.2) is 41.6 Å². The summed E-state index contributed by atoms with van der Waals surface area (Å²) < 4.78 is 27.8. The van der Waals surface area contributed by atoms with E-state index in [0.29, 0.717) is 18.8 Å². The molecule has 9 nitrogen and oxygen atoms in total. The van der Waals surface area contributed by atoms with Crippen molar-refractivity contribution in [3.8, 4) is 0 Å². The van der Waals surface area contributed by atoms with Crippen molar-refractivity contribution in [2.24, 2.45) is 0 Å². The molecule has 134 valence electrons. The molecule has 0 radical (unpaired) electrons. The van der Waals surface area contributed by atoms with Crippen LogP contribution in [0.1, 0.15) is 18.9 Å². The van der Waals surface area contributed by atoms with Gasteiger partial charge in [0, 0.05) is 31.5 Å². The predicted molar refractivity (Wildman–Crippen MR) is 92.1 cm³/mol. The highest BCUT2D eigenvalue weighted by atomic mass is 32.2. The number of hydrogen-bond donors (Lipinski definition) is 1. The van der Waals surface area contributed by atoms with Crippen molar-refractivity contribution in [1.82, 2.24) is 14.5 Å². The largest absolute Gasteiger partial charge is 0.366 e. The second-order valence-corrected chi connectivity index (χ2v) is 7.71. The normalized spacial score (nSPS) is 16.1. The maximum Gasteiger partial charge on any atom is 0.293 e. The van der Waals surface area contributed by atoms with E-state index in [4.69, 9.17) is 0 Å². The van der Waals surface area contributed by atoms with E-state index < -0.39 is 14.9 Å². The monoisotopic (exact) mass is 365 g/mol. The first-order valence-electron chi connectivity index (χ1n) is 7.88. The van der Waals surface area contributed by atoms with E-state index in [0.717, 1.165) is 18.9 Å². The van der Waals surface area contributed by atoms with Crippen LogP contribution in [0.25, 0.3) is 0 Å². The molecule has 2 heterocycles. The van der Waals surface area contributed by atoms with Gasteiger partial charge in [0.25, 0.3) is 5.69 Å². The minimum absolute atomic E-state index is 0.114. The lowest BCUT2D eigenvalue weighted by atomic mass is 10.0. The zero-order chi connectivity index (χ0) is 18.0. The molecule has 1 N–H and O–H groups in total. The second-order valence-electron chi connectivity index (χ2n) is 5.82. The van der Waals surface area contributed by atoms with Crippen molar-refractivity contribution in [3.05, 3.63) is 46.8 Å². The molecule has 25 heavy (non-hydrogen) atoms. The number of nitrogens with one attached hydrogen (secondary N) is 1. The van der Waals surface area contributed by atoms with E-state index in [1.54, 1.807) is 6.20 Å². The van der Waals surface area contributed by atoms with Crippen LogP contribution in [-0.4, -0.2) is 43.3 Å². The average Bonchev–Trinajstić information content (AvgIpc) is 3.16. The van der Waals surface area contributed by atoms with Crippen molar-refractivity contribution >= 4 is 21.4 Å². The molecule has 3 rings (SSSR count). The zero-order valence-electron chi connectivity index (χ0n) is 13.7. The summed E-state index contributed by atoms with van der Waals surface area (Å²) in [5, 5.41) is 15.7. The fourth-order valence-corrected chi connectivity index (χ4v) is 3.82. The van der Waals surface area contributed by atoms with Gasteiger partial charge in [-0.1, -0.05) is 0 Å². The smallest absolute Gasteiger partial charge is 0.293 e. The third-order valence-corrected chi connectivity index (χ3v) is 5.84. The maximum absolute atomic E-state index is 11.9. The molecule has 1 aromatic heterocycles. The summed E-state index contributed by atoms with van der Waals surface area (Å²) in [6, 6.07) is 6.16. The summed E-state index contributed by atoms with van der Waals surface area (Å²) in [5.41, 5.74) is 0.243. The van der Waals surface area contributed by atoms with Gasteiger partial charge in [0.05, 0.1) is 15.9 Å². The van der Waals surface area contributed by atoms with E-state index in [1.807, 2.05) is 21.8 Å². The summed E-state index contributed by atoms with van der Waals surface area (Å²) >= 11 is 0. The van der Waals surface area contributed by atoms with Crippen molar-refractivity contribution < 1.29 is 13.3 Å². The number of piperidine rings is 1. The number of rotatable bonds is 5. The van der Waals surface area contributed by atoms with Crippen LogP contribution in [0, 0.1) is 10.1 Å². The molecule has 0 amide bonds. The van der Waals surface area contributed by atoms with Gasteiger partial charge in [-0.25, -0.2) is 13.1 Å². The molecule has 0 unspecified atom stereocenters. The highest BCUT2D eigenvalue weighted by molar-refractivity contribution is 7.89. The summed E-state index contributed by atoms with van der Waals surface area (Å²) in [6.45, 7) is 1.28. The zero-order valence-corrected chi connectivity index (χ0v) is 14.5. The lowest BCUT2D eigenvalue weighted by molar-refractivity contribution is -0.384. The topological polar surface area (TPSA) is 110 Å². The Morgan fingerprint density at radius 1 is 1.32 bits per heavy atom. The summed E-state index contributed by atoms with van der Waals surface area (Å²) in [4.78, 5) is 12.7. The van der Waals surface area contributed by atoms with Gasteiger partial charge in [0.15, 0.2) is 0 Å². The lowest BCUT2D eigenvalue weighted by Gasteiger charge is -2.33. The Labute approximate surface area is 145 Å². The van der Waals surface area contributed by atoms with E-state index >= 15 is 0 Å². The SMILES string of the molecule is CNS(=O)(=O)c1ccc(N2CCC(n3cccn3)CC2)c([N+](=O)[O-])c1. The van der Waals surface area contributed by atoms with Gasteiger partial charge in [0.2, 0.25) is 10.0 Å². The molecule has 0 saturated carbocycles. The fraction of sp³-hybridized carbons (Fsp3) is 0.400. The number of hydrogen-bond acceptors (Lipinski definition) is 6. The second kappa shape index (κ2) is 6.81. The third kappa shape index (κ3) is 3.49. The van der Waals surface area contributed by atoms with Crippen molar-refractivity contribution in [1.29, 1.82) is 0 Å². The molecule has 1 saturated heterocycles. The molecule has 1 aromatic carbocycles. The first-order valence-corrected chi connectivity index (χ1v) is 9.37. The summed E-state index contributed by atoms with van der Waals surface area (Å²) in [7, 11) is -2.45. The number of nitro benzene ring substituents is 1. The molecule has 10 heteroatoms. The lowest BCUT2D eigenvalue weighted by Crippen LogP contribution is -2.35. The third-order valence-electron chi connectivity index (χ3n) is 4.43. The first kappa shape index (κ1) is 17.4. The minimum atomic E-state index is -3.72. The molecule has 2 aromatic rings. The van der Waals surface area contributed by atoms with Crippen LogP contribution in [0.3, 0.4) is 0 Å². The van der Waals surface area contributed by atoms with E-state index in [2.05, 4.69) is 9.82 Å². The molecular weight excluding hydrogens is 346 g/mol. The Morgan fingerprint density at radius 3 is 2.60 bits per heavy atom. The Morgan fingerprint density at radius 2 is 2.04 bits per heavy atom. The Kier molecular flexibility index (Phi) is 4.73. The van der Waals surface area contributed by atoms with Crippen molar-refractivity contribution in [3.63, 3.8) is 0 Å². The number of sulfonamides is 1. The molecule has 0 atom stereocenters. The molecule has 1 fully saturated rings. The summed E-state index contributed by atoms with van der Waals surface area (Å²) in [5.74, 6) is 0.